The van der Waals surface area contributed by atoms with Crippen molar-refractivity contribution in [3.8, 4) is 5.75 Å². The van der Waals surface area contributed by atoms with E-state index in [2.05, 4.69) is 0 Å². The molecule has 0 fully saturated rings. The van der Waals surface area contributed by atoms with E-state index in [4.69, 9.17) is 4.74 Å². The molecule has 1 aliphatic rings. The van der Waals surface area contributed by atoms with Crippen LogP contribution in [0.4, 0.5) is 0 Å². The van der Waals surface area contributed by atoms with E-state index in [1.54, 1.807) is 18.1 Å². The van der Waals surface area contributed by atoms with Crippen LogP contribution in [0.3, 0.4) is 0 Å². The second kappa shape index (κ2) is 7.49. The highest BCUT2D eigenvalue weighted by atomic mass is 16.5. The maximum atomic E-state index is 13.1. The third-order valence-corrected chi connectivity index (χ3v) is 5.36. The van der Waals surface area contributed by atoms with E-state index in [9.17, 15) is 9.90 Å². The van der Waals surface area contributed by atoms with E-state index in [1.807, 2.05) is 72.8 Å². The van der Waals surface area contributed by atoms with Gasteiger partial charge < -0.3 is 14.7 Å². The average Bonchev–Trinajstić information content (AvgIpc) is 2.94. The molecule has 1 amide bonds. The molecular weight excluding hydrogens is 350 g/mol. The zero-order valence-corrected chi connectivity index (χ0v) is 15.8. The second-order valence-corrected chi connectivity index (χ2v) is 7.08. The zero-order chi connectivity index (χ0) is 19.6. The first-order valence-electron chi connectivity index (χ1n) is 9.42. The van der Waals surface area contributed by atoms with Gasteiger partial charge in [-0.2, -0.15) is 0 Å². The maximum absolute atomic E-state index is 13.1. The number of hydrogen-bond donors (Lipinski definition) is 1. The fraction of sp³-hybridized carbons (Fsp3) is 0.208. The van der Waals surface area contributed by atoms with E-state index >= 15 is 0 Å². The summed E-state index contributed by atoms with van der Waals surface area (Å²) >= 11 is 0. The van der Waals surface area contributed by atoms with E-state index in [-0.39, 0.29) is 5.91 Å². The number of rotatable bonds is 6. The van der Waals surface area contributed by atoms with Crippen molar-refractivity contribution >= 4 is 5.91 Å². The lowest BCUT2D eigenvalue weighted by molar-refractivity contribution is -0.0831. The molecule has 0 unspecified atom stereocenters. The summed E-state index contributed by atoms with van der Waals surface area (Å²) in [6.45, 7) is 0.434. The molecule has 1 heterocycles. The van der Waals surface area contributed by atoms with Crippen molar-refractivity contribution in [3.05, 3.63) is 101 Å². The Kier molecular flexibility index (Phi) is 4.88. The molecule has 0 bridgehead atoms. The molecule has 0 saturated carbocycles. The number of carbonyl (C=O) groups is 1. The molecule has 0 saturated heterocycles. The number of ether oxygens (including phenoxy) is 1. The van der Waals surface area contributed by atoms with Crippen molar-refractivity contribution < 1.29 is 14.6 Å². The predicted octanol–water partition coefficient (Wildman–Crippen LogP) is 3.78. The summed E-state index contributed by atoms with van der Waals surface area (Å²) in [7, 11) is 1.64. The minimum atomic E-state index is -1.35. The number of fused-ring (bicyclic) bond motifs is 1. The van der Waals surface area contributed by atoms with Gasteiger partial charge >= 0.3 is 0 Å². The molecule has 28 heavy (non-hydrogen) atoms. The summed E-state index contributed by atoms with van der Waals surface area (Å²) in [5, 5.41) is 11.7. The van der Waals surface area contributed by atoms with Gasteiger partial charge in [0.15, 0.2) is 5.72 Å². The highest BCUT2D eigenvalue weighted by Crippen LogP contribution is 2.39. The summed E-state index contributed by atoms with van der Waals surface area (Å²) in [5.74, 6) is 0.677. The van der Waals surface area contributed by atoms with E-state index < -0.39 is 5.72 Å². The van der Waals surface area contributed by atoms with E-state index in [0.717, 1.165) is 16.9 Å². The Balaban J connectivity index is 1.62. The molecule has 3 aromatic rings. The van der Waals surface area contributed by atoms with Crippen LogP contribution in [0.15, 0.2) is 78.9 Å². The quantitative estimate of drug-likeness (QED) is 0.715. The Bertz CT molecular complexity index is 969. The van der Waals surface area contributed by atoms with Crippen molar-refractivity contribution in [2.45, 2.75) is 18.6 Å². The SMILES string of the molecule is COc1ccc(CCN2C(=O)c3ccccc3[C@@]2(O)Cc2ccccc2)cc1. The number of hydrogen-bond acceptors (Lipinski definition) is 3. The highest BCUT2D eigenvalue weighted by Gasteiger charge is 2.47. The van der Waals surface area contributed by atoms with Gasteiger partial charge in [0.1, 0.15) is 5.75 Å². The molecular formula is C24H23NO3. The molecule has 4 heteroatoms. The van der Waals surface area contributed by atoms with Gasteiger partial charge in [-0.25, -0.2) is 0 Å². The van der Waals surface area contributed by atoms with E-state index in [0.29, 0.717) is 30.5 Å². The van der Waals surface area contributed by atoms with Gasteiger partial charge in [0.05, 0.1) is 7.11 Å². The van der Waals surface area contributed by atoms with Crippen LogP contribution in [-0.4, -0.2) is 29.6 Å². The van der Waals surface area contributed by atoms with Crippen molar-refractivity contribution in [3.63, 3.8) is 0 Å². The van der Waals surface area contributed by atoms with Crippen LogP contribution in [0.2, 0.25) is 0 Å². The molecule has 3 aromatic carbocycles. The van der Waals surface area contributed by atoms with Gasteiger partial charge in [0.25, 0.3) is 5.91 Å². The number of nitrogens with zero attached hydrogens (tertiary/aromatic N) is 1. The third kappa shape index (κ3) is 3.27. The molecule has 4 rings (SSSR count). The Morgan fingerprint density at radius 3 is 2.29 bits per heavy atom. The summed E-state index contributed by atoms with van der Waals surface area (Å²) < 4.78 is 5.20. The van der Waals surface area contributed by atoms with Crippen molar-refractivity contribution in [1.82, 2.24) is 4.90 Å². The number of amides is 1. The fourth-order valence-electron chi connectivity index (χ4n) is 3.87. The zero-order valence-electron chi connectivity index (χ0n) is 15.8. The lowest BCUT2D eigenvalue weighted by atomic mass is 9.94. The molecule has 1 N–H and O–H groups in total. The highest BCUT2D eigenvalue weighted by molar-refractivity contribution is 5.99. The van der Waals surface area contributed by atoms with Gasteiger partial charge in [0, 0.05) is 24.1 Å². The van der Waals surface area contributed by atoms with E-state index in [1.165, 1.54) is 0 Å². The first-order chi connectivity index (χ1) is 13.6. The minimum absolute atomic E-state index is 0.123. The van der Waals surface area contributed by atoms with Crippen LogP contribution in [-0.2, 0) is 18.6 Å². The number of carbonyl (C=O) groups excluding carboxylic acids is 1. The molecule has 0 aromatic heterocycles. The summed E-state index contributed by atoms with van der Waals surface area (Å²) in [6, 6.07) is 24.9. The van der Waals surface area contributed by atoms with Crippen LogP contribution < -0.4 is 4.74 Å². The van der Waals surface area contributed by atoms with Crippen molar-refractivity contribution in [1.29, 1.82) is 0 Å². The van der Waals surface area contributed by atoms with Gasteiger partial charge in [-0.15, -0.1) is 0 Å². The molecule has 1 aliphatic heterocycles. The molecule has 0 spiro atoms. The topological polar surface area (TPSA) is 49.8 Å². The Morgan fingerprint density at radius 2 is 1.57 bits per heavy atom. The monoisotopic (exact) mass is 373 g/mol. The van der Waals surface area contributed by atoms with Gasteiger partial charge in [-0.3, -0.25) is 4.79 Å². The summed E-state index contributed by atoms with van der Waals surface area (Å²) in [6.07, 6.45) is 1.01. The third-order valence-electron chi connectivity index (χ3n) is 5.36. The van der Waals surface area contributed by atoms with Gasteiger partial charge in [-0.05, 0) is 35.7 Å². The molecule has 1 atom stereocenters. The number of aliphatic hydroxyl groups is 1. The molecule has 4 nitrogen and oxygen atoms in total. The molecule has 142 valence electrons. The Labute approximate surface area is 165 Å². The average molecular weight is 373 g/mol. The normalized spacial score (nSPS) is 18.2. The van der Waals surface area contributed by atoms with Crippen LogP contribution in [0.1, 0.15) is 27.0 Å². The van der Waals surface area contributed by atoms with Crippen molar-refractivity contribution in [2.24, 2.45) is 0 Å². The fourth-order valence-corrected chi connectivity index (χ4v) is 3.87. The van der Waals surface area contributed by atoms with Gasteiger partial charge in [-0.1, -0.05) is 60.7 Å². The van der Waals surface area contributed by atoms with Crippen molar-refractivity contribution in [2.75, 3.05) is 13.7 Å². The predicted molar refractivity (Wildman–Crippen MR) is 108 cm³/mol. The largest absolute Gasteiger partial charge is 0.497 e. The summed E-state index contributed by atoms with van der Waals surface area (Å²) in [4.78, 5) is 14.7. The van der Waals surface area contributed by atoms with Crippen LogP contribution >= 0.6 is 0 Å². The molecule has 0 radical (unpaired) electrons. The first-order valence-corrected chi connectivity index (χ1v) is 9.42. The first kappa shape index (κ1) is 18.3. The minimum Gasteiger partial charge on any atom is -0.497 e. The Hall–Kier alpha value is -3.11. The van der Waals surface area contributed by atoms with Crippen LogP contribution in [0.25, 0.3) is 0 Å². The maximum Gasteiger partial charge on any atom is 0.256 e. The molecule has 0 aliphatic carbocycles. The number of methoxy groups -OCH3 is 1. The Morgan fingerprint density at radius 1 is 0.893 bits per heavy atom. The second-order valence-electron chi connectivity index (χ2n) is 7.08. The summed E-state index contributed by atoms with van der Waals surface area (Å²) in [5.41, 5.74) is 1.99. The van der Waals surface area contributed by atoms with Crippen LogP contribution in [0.5, 0.6) is 5.75 Å². The standard InChI is InChI=1S/C24H23NO3/c1-28-20-13-11-18(12-14-20)15-16-25-23(26)21-9-5-6-10-22(21)24(25,27)17-19-7-3-2-4-8-19/h2-14,27H,15-17H2,1H3/t24-/m0/s1. The van der Waals surface area contributed by atoms with Crippen LogP contribution in [0, 0.1) is 0 Å². The lowest BCUT2D eigenvalue weighted by Gasteiger charge is -2.34. The smallest absolute Gasteiger partial charge is 0.256 e. The van der Waals surface area contributed by atoms with Gasteiger partial charge in [0.2, 0.25) is 0 Å². The number of benzene rings is 3. The lowest BCUT2D eigenvalue weighted by Crippen LogP contribution is -2.46.